The van der Waals surface area contributed by atoms with E-state index in [0.717, 1.165) is 16.7 Å². The van der Waals surface area contributed by atoms with Crippen molar-refractivity contribution in [2.75, 3.05) is 5.73 Å². The molecule has 3 aromatic carbocycles. The average molecular weight is 375 g/mol. The fourth-order valence-corrected chi connectivity index (χ4v) is 3.14. The van der Waals surface area contributed by atoms with Crippen LogP contribution in [-0.4, -0.2) is 11.9 Å². The fourth-order valence-electron chi connectivity index (χ4n) is 3.14. The van der Waals surface area contributed by atoms with E-state index >= 15 is 0 Å². The lowest BCUT2D eigenvalue weighted by Crippen LogP contribution is -2.08. The van der Waals surface area contributed by atoms with Gasteiger partial charge in [0.1, 0.15) is 11.5 Å². The van der Waals surface area contributed by atoms with Crippen LogP contribution in [0.2, 0.25) is 0 Å². The number of nitrogens with two attached hydrogens (primary N) is 1. The monoisotopic (exact) mass is 375 g/mol. The van der Waals surface area contributed by atoms with Gasteiger partial charge in [0.2, 0.25) is 0 Å². The van der Waals surface area contributed by atoms with Gasteiger partial charge in [-0.25, -0.2) is 0 Å². The summed E-state index contributed by atoms with van der Waals surface area (Å²) in [4.78, 5) is 22.3. The summed E-state index contributed by atoms with van der Waals surface area (Å²) in [6.45, 7) is 2.72. The highest BCUT2D eigenvalue weighted by atomic mass is 16.5. The third-order valence-corrected chi connectivity index (χ3v) is 4.24. The summed E-state index contributed by atoms with van der Waals surface area (Å²) in [5.41, 5.74) is 9.78. The van der Waals surface area contributed by atoms with Crippen molar-refractivity contribution in [3.8, 4) is 11.5 Å². The van der Waals surface area contributed by atoms with Gasteiger partial charge in [-0.15, -0.1) is 0 Å². The molecule has 1 unspecified atom stereocenters. The lowest BCUT2D eigenvalue weighted by atomic mass is 9.84. The molecule has 0 aliphatic heterocycles. The van der Waals surface area contributed by atoms with Crippen molar-refractivity contribution in [1.29, 1.82) is 0 Å². The zero-order valence-corrected chi connectivity index (χ0v) is 15.7. The molecule has 28 heavy (non-hydrogen) atoms. The first-order valence-electron chi connectivity index (χ1n) is 8.85. The maximum atomic E-state index is 11.2. The van der Waals surface area contributed by atoms with E-state index in [4.69, 9.17) is 15.2 Å². The van der Waals surface area contributed by atoms with Gasteiger partial charge in [-0.1, -0.05) is 48.5 Å². The maximum Gasteiger partial charge on any atom is 0.308 e. The van der Waals surface area contributed by atoms with Gasteiger partial charge in [0.15, 0.2) is 0 Å². The largest absolute Gasteiger partial charge is 0.427 e. The number of benzene rings is 3. The summed E-state index contributed by atoms with van der Waals surface area (Å²) in [6.07, 6.45) is 0. The van der Waals surface area contributed by atoms with Crippen molar-refractivity contribution in [1.82, 2.24) is 0 Å². The van der Waals surface area contributed by atoms with Crippen molar-refractivity contribution in [3.63, 3.8) is 0 Å². The summed E-state index contributed by atoms with van der Waals surface area (Å²) < 4.78 is 10.3. The van der Waals surface area contributed by atoms with Crippen molar-refractivity contribution in [2.24, 2.45) is 0 Å². The molecule has 0 saturated carbocycles. The lowest BCUT2D eigenvalue weighted by Gasteiger charge is -2.21. The third kappa shape index (κ3) is 4.57. The van der Waals surface area contributed by atoms with E-state index in [2.05, 4.69) is 0 Å². The fraction of sp³-hybridized carbons (Fsp3) is 0.130. The Kier molecular flexibility index (Phi) is 5.75. The maximum absolute atomic E-state index is 11.2. The molecule has 0 aliphatic rings. The van der Waals surface area contributed by atoms with Gasteiger partial charge in [-0.05, 0) is 34.9 Å². The number of esters is 2. The van der Waals surface area contributed by atoms with Gasteiger partial charge >= 0.3 is 11.9 Å². The van der Waals surface area contributed by atoms with E-state index in [-0.39, 0.29) is 11.9 Å². The van der Waals surface area contributed by atoms with Gasteiger partial charge in [0.25, 0.3) is 0 Å². The van der Waals surface area contributed by atoms with Crippen LogP contribution in [0.4, 0.5) is 5.69 Å². The normalized spacial score (nSPS) is 11.5. The molecule has 0 amide bonds. The predicted octanol–water partition coefficient (Wildman–Crippen LogP) is 4.30. The van der Waals surface area contributed by atoms with Gasteiger partial charge in [0.05, 0.1) is 0 Å². The van der Waals surface area contributed by atoms with Crippen LogP contribution in [0.25, 0.3) is 0 Å². The zero-order valence-electron chi connectivity index (χ0n) is 15.7. The Balaban J connectivity index is 2.03. The minimum absolute atomic E-state index is 0.126. The lowest BCUT2D eigenvalue weighted by molar-refractivity contribution is -0.132. The number of anilines is 1. The molecule has 5 heteroatoms. The Hall–Kier alpha value is -3.60. The smallest absolute Gasteiger partial charge is 0.308 e. The van der Waals surface area contributed by atoms with Crippen molar-refractivity contribution < 1.29 is 19.1 Å². The van der Waals surface area contributed by atoms with Gasteiger partial charge < -0.3 is 15.2 Å². The van der Waals surface area contributed by atoms with E-state index in [1.54, 1.807) is 24.3 Å². The van der Waals surface area contributed by atoms with Gasteiger partial charge in [-0.3, -0.25) is 9.59 Å². The van der Waals surface area contributed by atoms with Crippen LogP contribution in [0.5, 0.6) is 11.5 Å². The molecule has 0 spiro atoms. The van der Waals surface area contributed by atoms with E-state index in [1.807, 2.05) is 48.5 Å². The van der Waals surface area contributed by atoms with Crippen LogP contribution in [0, 0.1) is 0 Å². The topological polar surface area (TPSA) is 78.6 Å². The molecule has 1 atom stereocenters. The molecule has 0 radical (unpaired) electrons. The first-order chi connectivity index (χ1) is 13.4. The van der Waals surface area contributed by atoms with Crippen molar-refractivity contribution in [2.45, 2.75) is 19.8 Å². The summed E-state index contributed by atoms with van der Waals surface area (Å²) in [5, 5.41) is 0. The Morgan fingerprint density at radius 3 is 1.86 bits per heavy atom. The number of hydrogen-bond acceptors (Lipinski definition) is 5. The molecule has 0 aliphatic carbocycles. The second-order valence-corrected chi connectivity index (χ2v) is 6.39. The molecule has 5 nitrogen and oxygen atoms in total. The number of carbonyl (C=O) groups is 2. The number of carbonyl (C=O) groups excluding carboxylic acids is 2. The molecular formula is C23H21NO4. The quantitative estimate of drug-likeness (QED) is 0.311. The van der Waals surface area contributed by atoms with Crippen LogP contribution >= 0.6 is 0 Å². The summed E-state index contributed by atoms with van der Waals surface area (Å²) in [7, 11) is 0. The summed E-state index contributed by atoms with van der Waals surface area (Å²) in [5.74, 6) is 0.0106. The molecule has 0 aromatic heterocycles. The summed E-state index contributed by atoms with van der Waals surface area (Å²) in [6, 6.07) is 22.6. The number of nitrogen functional groups attached to an aromatic ring is 1. The third-order valence-electron chi connectivity index (χ3n) is 4.24. The Bertz CT molecular complexity index is 981. The van der Waals surface area contributed by atoms with E-state index < -0.39 is 5.97 Å². The van der Waals surface area contributed by atoms with E-state index in [9.17, 15) is 9.59 Å². The zero-order chi connectivity index (χ0) is 20.1. The van der Waals surface area contributed by atoms with Crippen LogP contribution in [0.1, 0.15) is 36.5 Å². The number of rotatable bonds is 5. The summed E-state index contributed by atoms with van der Waals surface area (Å²) >= 11 is 0. The molecule has 0 heterocycles. The number of ether oxygens (including phenoxy) is 2. The Labute approximate surface area is 163 Å². The first-order valence-corrected chi connectivity index (χ1v) is 8.85. The minimum atomic E-state index is -0.396. The van der Waals surface area contributed by atoms with E-state index in [0.29, 0.717) is 17.2 Å². The molecule has 142 valence electrons. The van der Waals surface area contributed by atoms with Crippen LogP contribution in [-0.2, 0) is 9.59 Å². The highest BCUT2D eigenvalue weighted by Gasteiger charge is 2.20. The standard InChI is InChI=1S/C23H21NO4/c1-15(25)27-19-10-8-18(9-11-19)23(17-6-4-3-5-7-17)21-13-12-20(14-22(21)24)28-16(2)26/h3-14,23H,24H2,1-2H3. The molecule has 3 aromatic rings. The Morgan fingerprint density at radius 2 is 1.29 bits per heavy atom. The molecule has 0 saturated heterocycles. The molecular weight excluding hydrogens is 354 g/mol. The second kappa shape index (κ2) is 8.39. The number of hydrogen-bond donors (Lipinski definition) is 1. The average Bonchev–Trinajstić information content (AvgIpc) is 2.65. The van der Waals surface area contributed by atoms with Gasteiger partial charge in [0, 0.05) is 31.5 Å². The van der Waals surface area contributed by atoms with Crippen molar-refractivity contribution >= 4 is 17.6 Å². The molecule has 2 N–H and O–H groups in total. The SMILES string of the molecule is CC(=O)Oc1ccc(C(c2ccccc2)c2ccc(OC(C)=O)cc2N)cc1. The van der Waals surface area contributed by atoms with Gasteiger partial charge in [-0.2, -0.15) is 0 Å². The highest BCUT2D eigenvalue weighted by Crippen LogP contribution is 2.37. The molecule has 3 rings (SSSR count). The van der Waals surface area contributed by atoms with Crippen molar-refractivity contribution in [3.05, 3.63) is 89.5 Å². The first kappa shape index (κ1) is 19.2. The minimum Gasteiger partial charge on any atom is -0.427 e. The highest BCUT2D eigenvalue weighted by molar-refractivity contribution is 5.71. The molecule has 0 fully saturated rings. The van der Waals surface area contributed by atoms with Crippen LogP contribution in [0.15, 0.2) is 72.8 Å². The van der Waals surface area contributed by atoms with E-state index in [1.165, 1.54) is 13.8 Å². The Morgan fingerprint density at radius 1 is 0.750 bits per heavy atom. The van der Waals surface area contributed by atoms with Crippen LogP contribution in [0.3, 0.4) is 0 Å². The predicted molar refractivity (Wildman–Crippen MR) is 107 cm³/mol. The second-order valence-electron chi connectivity index (χ2n) is 6.39. The van der Waals surface area contributed by atoms with Crippen LogP contribution < -0.4 is 15.2 Å². The molecule has 0 bridgehead atoms.